The van der Waals surface area contributed by atoms with Gasteiger partial charge in [0, 0.05) is 30.5 Å². The Bertz CT molecular complexity index is 1190. The number of hydrogen-bond acceptors (Lipinski definition) is 5. The molecule has 33 heavy (non-hydrogen) atoms. The number of benzene rings is 1. The maximum Gasteiger partial charge on any atom is 0.252 e. The van der Waals surface area contributed by atoms with Crippen LogP contribution < -0.4 is 5.32 Å². The predicted octanol–water partition coefficient (Wildman–Crippen LogP) is 4.33. The van der Waals surface area contributed by atoms with Crippen LogP contribution in [0.15, 0.2) is 58.1 Å². The number of carbonyl (C=O) groups is 1. The third-order valence-corrected chi connectivity index (χ3v) is 9.16. The van der Waals surface area contributed by atoms with Gasteiger partial charge in [-0.05, 0) is 29.9 Å². The van der Waals surface area contributed by atoms with Crippen LogP contribution in [0.5, 0.6) is 0 Å². The quantitative estimate of drug-likeness (QED) is 0.562. The zero-order chi connectivity index (χ0) is 23.6. The lowest BCUT2D eigenvalue weighted by atomic mass is 9.92. The van der Waals surface area contributed by atoms with E-state index in [4.69, 9.17) is 5.10 Å². The Balaban J connectivity index is 1.45. The number of carbonyl (C=O) groups excluding carboxylic acids is 1. The Morgan fingerprint density at radius 1 is 1.12 bits per heavy atom. The maximum absolute atomic E-state index is 13.1. The minimum Gasteiger partial charge on any atom is -0.311 e. The molecule has 3 heterocycles. The van der Waals surface area contributed by atoms with Crippen LogP contribution >= 0.6 is 11.3 Å². The van der Waals surface area contributed by atoms with Gasteiger partial charge in [-0.3, -0.25) is 4.79 Å². The number of anilines is 1. The predicted molar refractivity (Wildman–Crippen MR) is 131 cm³/mol. The Kier molecular flexibility index (Phi) is 6.74. The molecule has 1 N–H and O–H groups in total. The van der Waals surface area contributed by atoms with Crippen LogP contribution in [0.1, 0.15) is 44.9 Å². The Morgan fingerprint density at radius 3 is 2.42 bits per heavy atom. The van der Waals surface area contributed by atoms with Gasteiger partial charge in [-0.15, -0.1) is 11.3 Å². The fraction of sp³-hybridized carbons (Fsp3) is 0.417. The van der Waals surface area contributed by atoms with Gasteiger partial charge >= 0.3 is 0 Å². The Morgan fingerprint density at radius 2 is 1.82 bits per heavy atom. The van der Waals surface area contributed by atoms with Crippen molar-refractivity contribution in [2.24, 2.45) is 5.92 Å². The Labute approximate surface area is 199 Å². The molecule has 176 valence electrons. The molecule has 4 rings (SSSR count). The van der Waals surface area contributed by atoms with Crippen molar-refractivity contribution in [2.75, 3.05) is 18.4 Å². The van der Waals surface area contributed by atoms with Crippen LogP contribution in [0.2, 0.25) is 0 Å². The van der Waals surface area contributed by atoms with E-state index in [2.05, 4.69) is 26.1 Å². The van der Waals surface area contributed by atoms with Crippen molar-refractivity contribution in [1.82, 2.24) is 14.1 Å². The number of nitrogens with zero attached hydrogens (tertiary/aromatic N) is 3. The Hall–Kier alpha value is -2.49. The van der Waals surface area contributed by atoms with Gasteiger partial charge in [-0.1, -0.05) is 57.2 Å². The number of nitrogens with one attached hydrogen (secondary N) is 1. The van der Waals surface area contributed by atoms with Crippen molar-refractivity contribution in [2.45, 2.75) is 49.8 Å². The number of aromatic nitrogens is 2. The summed E-state index contributed by atoms with van der Waals surface area (Å²) in [6.07, 6.45) is 0.991. The van der Waals surface area contributed by atoms with Crippen molar-refractivity contribution in [1.29, 1.82) is 0 Å². The molecule has 0 aliphatic carbocycles. The third-order valence-electron chi connectivity index (χ3n) is 5.89. The summed E-state index contributed by atoms with van der Waals surface area (Å²) in [5.74, 6) is 0.346. The highest BCUT2D eigenvalue weighted by atomic mass is 32.2. The molecule has 1 saturated heterocycles. The average molecular weight is 487 g/mol. The summed E-state index contributed by atoms with van der Waals surface area (Å²) in [6, 6.07) is 15.3. The third kappa shape index (κ3) is 5.37. The summed E-state index contributed by atoms with van der Waals surface area (Å²) in [4.78, 5) is 13.1. The number of rotatable bonds is 6. The molecule has 0 bridgehead atoms. The van der Waals surface area contributed by atoms with E-state index in [1.54, 1.807) is 17.5 Å². The molecule has 3 aromatic rings. The van der Waals surface area contributed by atoms with Crippen molar-refractivity contribution < 1.29 is 13.2 Å². The van der Waals surface area contributed by atoms with Crippen LogP contribution in [-0.4, -0.2) is 41.5 Å². The van der Waals surface area contributed by atoms with Crippen LogP contribution in [0.25, 0.3) is 0 Å². The molecule has 0 saturated carbocycles. The minimum absolute atomic E-state index is 0.0853. The first-order chi connectivity index (χ1) is 15.6. The van der Waals surface area contributed by atoms with E-state index >= 15 is 0 Å². The van der Waals surface area contributed by atoms with E-state index in [0.717, 1.165) is 11.3 Å². The molecule has 1 aromatic carbocycles. The first-order valence-electron chi connectivity index (χ1n) is 11.1. The van der Waals surface area contributed by atoms with E-state index in [0.29, 0.717) is 42.5 Å². The second-order valence-corrected chi connectivity index (χ2v) is 12.5. The van der Waals surface area contributed by atoms with E-state index < -0.39 is 10.0 Å². The minimum atomic E-state index is -3.48. The fourth-order valence-electron chi connectivity index (χ4n) is 3.88. The standard InChI is InChI=1S/C24H30N4O3S2/c1-24(2,3)20-16-21(28(26-20)17-18-8-5-4-6-9-18)25-23(29)19-11-13-27(14-12-19)33(30,31)22-10-7-15-32-22/h4-10,15-16,19H,11-14,17H2,1-3H3,(H,25,29). The van der Waals surface area contributed by atoms with E-state index in [1.165, 1.54) is 15.6 Å². The number of piperidine rings is 1. The first kappa shape index (κ1) is 23.7. The van der Waals surface area contributed by atoms with Crippen LogP contribution in [0, 0.1) is 5.92 Å². The zero-order valence-electron chi connectivity index (χ0n) is 19.2. The average Bonchev–Trinajstić information content (AvgIpc) is 3.46. The molecule has 7 nitrogen and oxygen atoms in total. The van der Waals surface area contributed by atoms with E-state index in [1.807, 2.05) is 41.1 Å². The van der Waals surface area contributed by atoms with Gasteiger partial charge in [-0.2, -0.15) is 9.40 Å². The normalized spacial score (nSPS) is 16.1. The molecule has 1 aliphatic heterocycles. The van der Waals surface area contributed by atoms with Crippen molar-refractivity contribution >= 4 is 33.1 Å². The summed E-state index contributed by atoms with van der Waals surface area (Å²) < 4.78 is 29.2. The molecule has 1 amide bonds. The number of thiophene rings is 1. The SMILES string of the molecule is CC(C)(C)c1cc(NC(=O)C2CCN(S(=O)(=O)c3cccs3)CC2)n(Cc2ccccc2)n1. The van der Waals surface area contributed by atoms with E-state index in [9.17, 15) is 13.2 Å². The van der Waals surface area contributed by atoms with Gasteiger partial charge in [0.15, 0.2) is 0 Å². The molecule has 0 radical (unpaired) electrons. The monoisotopic (exact) mass is 486 g/mol. The number of hydrogen-bond donors (Lipinski definition) is 1. The topological polar surface area (TPSA) is 84.3 Å². The first-order valence-corrected chi connectivity index (χ1v) is 13.4. The molecular weight excluding hydrogens is 456 g/mol. The molecular formula is C24H30N4O3S2. The summed E-state index contributed by atoms with van der Waals surface area (Å²) in [7, 11) is -3.48. The second kappa shape index (κ2) is 9.40. The lowest BCUT2D eigenvalue weighted by molar-refractivity contribution is -0.121. The summed E-state index contributed by atoms with van der Waals surface area (Å²) >= 11 is 1.22. The lowest BCUT2D eigenvalue weighted by Gasteiger charge is -2.30. The number of amides is 1. The number of sulfonamides is 1. The molecule has 1 fully saturated rings. The zero-order valence-corrected chi connectivity index (χ0v) is 20.8. The largest absolute Gasteiger partial charge is 0.311 e. The van der Waals surface area contributed by atoms with Gasteiger partial charge < -0.3 is 5.32 Å². The van der Waals surface area contributed by atoms with E-state index in [-0.39, 0.29) is 17.2 Å². The summed E-state index contributed by atoms with van der Waals surface area (Å²) in [6.45, 7) is 7.53. The smallest absolute Gasteiger partial charge is 0.252 e. The van der Waals surface area contributed by atoms with Gasteiger partial charge in [0.05, 0.1) is 12.2 Å². The van der Waals surface area contributed by atoms with Crippen molar-refractivity contribution in [3.8, 4) is 0 Å². The van der Waals surface area contributed by atoms with Gasteiger partial charge in [0.1, 0.15) is 10.0 Å². The summed E-state index contributed by atoms with van der Waals surface area (Å²) in [5.41, 5.74) is 1.86. The van der Waals surface area contributed by atoms with Gasteiger partial charge in [0.2, 0.25) is 5.91 Å². The molecule has 2 aromatic heterocycles. The molecule has 0 spiro atoms. The molecule has 0 unspecified atom stereocenters. The highest BCUT2D eigenvalue weighted by Gasteiger charge is 2.33. The maximum atomic E-state index is 13.1. The van der Waals surface area contributed by atoms with Crippen LogP contribution in [0.3, 0.4) is 0 Å². The van der Waals surface area contributed by atoms with Gasteiger partial charge in [0.25, 0.3) is 10.0 Å². The molecule has 9 heteroatoms. The molecule has 1 aliphatic rings. The van der Waals surface area contributed by atoms with Crippen LogP contribution in [-0.2, 0) is 26.8 Å². The van der Waals surface area contributed by atoms with Crippen molar-refractivity contribution in [3.05, 3.63) is 65.2 Å². The fourth-order valence-corrected chi connectivity index (χ4v) is 6.50. The van der Waals surface area contributed by atoms with Crippen molar-refractivity contribution in [3.63, 3.8) is 0 Å². The lowest BCUT2D eigenvalue weighted by Crippen LogP contribution is -2.41. The second-order valence-electron chi connectivity index (χ2n) is 9.41. The molecule has 0 atom stereocenters. The van der Waals surface area contributed by atoms with Gasteiger partial charge in [-0.25, -0.2) is 13.1 Å². The highest BCUT2D eigenvalue weighted by Crippen LogP contribution is 2.28. The summed E-state index contributed by atoms with van der Waals surface area (Å²) in [5, 5.41) is 9.59. The van der Waals surface area contributed by atoms with Crippen LogP contribution in [0.4, 0.5) is 5.82 Å². The highest BCUT2D eigenvalue weighted by molar-refractivity contribution is 7.91.